The molecule has 3 saturated carbocycles. The lowest BCUT2D eigenvalue weighted by atomic mass is 9.50. The quantitative estimate of drug-likeness (QED) is 0.594. The zero-order chi connectivity index (χ0) is 21.4. The van der Waals surface area contributed by atoms with Gasteiger partial charge in [-0.15, -0.1) is 0 Å². The van der Waals surface area contributed by atoms with Crippen molar-refractivity contribution in [2.75, 3.05) is 0 Å². The van der Waals surface area contributed by atoms with Crippen LogP contribution in [0.4, 0.5) is 22.0 Å². The van der Waals surface area contributed by atoms with E-state index in [1.165, 1.54) is 18.2 Å². The van der Waals surface area contributed by atoms with E-state index < -0.39 is 40.6 Å². The topological polar surface area (TPSA) is 75.4 Å². The standard InChI is InChI=1S/C20H13F5N2O3/c21-14-10(4-11(20(23,24)25)15(22)16(14)28)18-26-12-3-9(1-2-13(12)30-18)17(29)27-19-5-8(6-19)7-19/h1-4,8,28H,5-7H2,(H,27,29). The Morgan fingerprint density at radius 3 is 2.47 bits per heavy atom. The lowest BCUT2D eigenvalue weighted by Gasteiger charge is -2.61. The van der Waals surface area contributed by atoms with Crippen molar-refractivity contribution in [3.8, 4) is 17.2 Å². The Labute approximate surface area is 165 Å². The van der Waals surface area contributed by atoms with E-state index in [0.717, 1.165) is 19.3 Å². The minimum atomic E-state index is -5.16. The second kappa shape index (κ2) is 5.93. The fraction of sp³-hybridized carbons (Fsp3) is 0.300. The number of aromatic nitrogens is 1. The van der Waals surface area contributed by atoms with Gasteiger partial charge in [0.2, 0.25) is 5.89 Å². The highest BCUT2D eigenvalue weighted by atomic mass is 19.4. The molecule has 10 heteroatoms. The Bertz CT molecular complexity index is 1200. The maximum atomic E-state index is 14.3. The summed E-state index contributed by atoms with van der Waals surface area (Å²) < 4.78 is 72.2. The second-order valence-electron chi connectivity index (χ2n) is 7.86. The minimum absolute atomic E-state index is 0.0869. The van der Waals surface area contributed by atoms with Gasteiger partial charge in [0.1, 0.15) is 5.52 Å². The molecule has 0 radical (unpaired) electrons. The number of hydrogen-bond donors (Lipinski definition) is 2. The van der Waals surface area contributed by atoms with E-state index in [1.807, 2.05) is 0 Å². The maximum absolute atomic E-state index is 14.3. The number of oxazole rings is 1. The average molecular weight is 424 g/mol. The number of hydrogen-bond acceptors (Lipinski definition) is 4. The highest BCUT2D eigenvalue weighted by Gasteiger charge is 2.57. The molecule has 1 aromatic heterocycles. The number of rotatable bonds is 3. The van der Waals surface area contributed by atoms with Gasteiger partial charge in [-0.05, 0) is 49.4 Å². The minimum Gasteiger partial charge on any atom is -0.503 e. The molecular weight excluding hydrogens is 411 g/mol. The summed E-state index contributed by atoms with van der Waals surface area (Å²) in [6.45, 7) is 0. The first-order valence-electron chi connectivity index (χ1n) is 9.08. The van der Waals surface area contributed by atoms with E-state index in [-0.39, 0.29) is 34.2 Å². The van der Waals surface area contributed by atoms with Crippen molar-refractivity contribution >= 4 is 17.0 Å². The van der Waals surface area contributed by atoms with E-state index in [1.54, 1.807) is 0 Å². The predicted molar refractivity (Wildman–Crippen MR) is 93.6 cm³/mol. The molecule has 0 atom stereocenters. The van der Waals surface area contributed by atoms with E-state index in [9.17, 15) is 31.9 Å². The van der Waals surface area contributed by atoms with Gasteiger partial charge in [0.25, 0.3) is 5.91 Å². The van der Waals surface area contributed by atoms with Gasteiger partial charge in [0.05, 0.1) is 11.1 Å². The third-order valence-corrected chi connectivity index (χ3v) is 5.78. The first-order chi connectivity index (χ1) is 14.1. The summed E-state index contributed by atoms with van der Waals surface area (Å²) in [6, 6.07) is 4.40. The average Bonchev–Trinajstić information content (AvgIpc) is 3.03. The number of amides is 1. The molecule has 2 aromatic carbocycles. The number of aromatic hydroxyl groups is 1. The Hall–Kier alpha value is -3.17. The molecule has 3 aromatic rings. The van der Waals surface area contributed by atoms with Gasteiger partial charge in [-0.1, -0.05) is 0 Å². The Morgan fingerprint density at radius 2 is 1.87 bits per heavy atom. The van der Waals surface area contributed by atoms with Crippen LogP contribution in [0, 0.1) is 17.6 Å². The van der Waals surface area contributed by atoms with Crippen LogP contribution in [0.15, 0.2) is 28.7 Å². The van der Waals surface area contributed by atoms with Gasteiger partial charge in [-0.2, -0.15) is 13.2 Å². The Morgan fingerprint density at radius 1 is 1.17 bits per heavy atom. The van der Waals surface area contributed by atoms with E-state index in [2.05, 4.69) is 10.3 Å². The van der Waals surface area contributed by atoms with Gasteiger partial charge in [-0.3, -0.25) is 4.79 Å². The van der Waals surface area contributed by atoms with Gasteiger partial charge < -0.3 is 14.8 Å². The van der Waals surface area contributed by atoms with Gasteiger partial charge >= 0.3 is 6.18 Å². The molecule has 0 unspecified atom stereocenters. The number of alkyl halides is 3. The molecule has 2 N–H and O–H groups in total. The fourth-order valence-electron chi connectivity index (χ4n) is 4.11. The van der Waals surface area contributed by atoms with Crippen molar-refractivity contribution in [1.82, 2.24) is 10.3 Å². The fourth-order valence-corrected chi connectivity index (χ4v) is 4.11. The van der Waals surface area contributed by atoms with Crippen molar-refractivity contribution < 1.29 is 36.3 Å². The largest absolute Gasteiger partial charge is 0.503 e. The third kappa shape index (κ3) is 2.73. The molecule has 0 aliphatic heterocycles. The molecule has 2 bridgehead atoms. The predicted octanol–water partition coefficient (Wildman–Crippen LogP) is 4.78. The second-order valence-corrected chi connectivity index (χ2v) is 7.86. The summed E-state index contributed by atoms with van der Waals surface area (Å²) in [5, 5.41) is 12.4. The van der Waals surface area contributed by atoms with Gasteiger partial charge in [0.15, 0.2) is 23.0 Å². The van der Waals surface area contributed by atoms with E-state index in [4.69, 9.17) is 4.42 Å². The summed E-state index contributed by atoms with van der Waals surface area (Å²) in [6.07, 6.45) is -2.32. The molecular formula is C20H13F5N2O3. The number of fused-ring (bicyclic) bond motifs is 1. The van der Waals surface area contributed by atoms with Crippen LogP contribution < -0.4 is 5.32 Å². The number of nitrogens with one attached hydrogen (secondary N) is 1. The molecule has 3 aliphatic rings. The maximum Gasteiger partial charge on any atom is 0.419 e. The van der Waals surface area contributed by atoms with Gasteiger partial charge in [0, 0.05) is 11.1 Å². The first kappa shape index (κ1) is 18.8. The normalized spacial score (nSPS) is 22.5. The number of halogens is 5. The third-order valence-electron chi connectivity index (χ3n) is 5.78. The molecule has 30 heavy (non-hydrogen) atoms. The van der Waals surface area contributed by atoms with Crippen LogP contribution >= 0.6 is 0 Å². The molecule has 1 heterocycles. The SMILES string of the molecule is O=C(NC12CC(C1)C2)c1ccc2oc(-c3cc(C(F)(F)F)c(F)c(O)c3F)nc2c1. The summed E-state index contributed by atoms with van der Waals surface area (Å²) in [5.41, 5.74) is -2.38. The first-order valence-corrected chi connectivity index (χ1v) is 9.08. The van der Waals surface area contributed by atoms with Crippen LogP contribution in [0.3, 0.4) is 0 Å². The number of carbonyl (C=O) groups is 1. The highest BCUT2D eigenvalue weighted by molar-refractivity contribution is 5.98. The highest BCUT2D eigenvalue weighted by Crippen LogP contribution is 2.57. The number of phenols is 1. The van der Waals surface area contributed by atoms with Crippen molar-refractivity contribution in [2.45, 2.75) is 31.0 Å². The molecule has 1 amide bonds. The smallest absolute Gasteiger partial charge is 0.419 e. The van der Waals surface area contributed by atoms with Crippen LogP contribution in [0.2, 0.25) is 0 Å². The van der Waals surface area contributed by atoms with Crippen LogP contribution in [0.5, 0.6) is 5.75 Å². The van der Waals surface area contributed by atoms with E-state index >= 15 is 0 Å². The molecule has 0 spiro atoms. The number of nitrogens with zero attached hydrogens (tertiary/aromatic N) is 1. The number of carbonyl (C=O) groups excluding carboxylic acids is 1. The molecule has 3 fully saturated rings. The van der Waals surface area contributed by atoms with Gasteiger partial charge in [-0.25, -0.2) is 13.8 Å². The molecule has 5 nitrogen and oxygen atoms in total. The van der Waals surface area contributed by atoms with E-state index in [0.29, 0.717) is 5.92 Å². The lowest BCUT2D eigenvalue weighted by Crippen LogP contribution is -2.68. The zero-order valence-corrected chi connectivity index (χ0v) is 15.1. The monoisotopic (exact) mass is 424 g/mol. The van der Waals surface area contributed by atoms with Crippen molar-refractivity contribution in [3.63, 3.8) is 0 Å². The van der Waals surface area contributed by atoms with Crippen LogP contribution in [0.1, 0.15) is 35.2 Å². The summed E-state index contributed by atoms with van der Waals surface area (Å²) >= 11 is 0. The Balaban J connectivity index is 1.52. The molecule has 0 saturated heterocycles. The lowest BCUT2D eigenvalue weighted by molar-refractivity contribution is -0.140. The molecule has 156 valence electrons. The summed E-state index contributed by atoms with van der Waals surface area (Å²) in [7, 11) is 0. The van der Waals surface area contributed by atoms with Crippen LogP contribution in [-0.4, -0.2) is 21.5 Å². The number of phenolic OH excluding ortho intramolecular Hbond substituents is 1. The zero-order valence-electron chi connectivity index (χ0n) is 15.1. The molecule has 3 aliphatic carbocycles. The summed E-state index contributed by atoms with van der Waals surface area (Å²) in [5.74, 6) is -5.75. The van der Waals surface area contributed by atoms with Crippen molar-refractivity contribution in [2.24, 2.45) is 5.92 Å². The Kier molecular flexibility index (Phi) is 3.72. The number of benzene rings is 2. The van der Waals surface area contributed by atoms with Crippen LogP contribution in [-0.2, 0) is 6.18 Å². The van der Waals surface area contributed by atoms with Crippen molar-refractivity contribution in [3.05, 3.63) is 47.0 Å². The molecule has 6 rings (SSSR count). The van der Waals surface area contributed by atoms with Crippen molar-refractivity contribution in [1.29, 1.82) is 0 Å². The summed E-state index contributed by atoms with van der Waals surface area (Å²) in [4.78, 5) is 16.4. The van der Waals surface area contributed by atoms with Crippen LogP contribution in [0.25, 0.3) is 22.6 Å².